The van der Waals surface area contributed by atoms with Crippen molar-refractivity contribution in [3.63, 3.8) is 0 Å². The summed E-state index contributed by atoms with van der Waals surface area (Å²) in [6, 6.07) is 0. The van der Waals surface area contributed by atoms with Gasteiger partial charge in [0, 0.05) is 23.7 Å². The van der Waals surface area contributed by atoms with Crippen LogP contribution in [0.4, 0.5) is 0 Å². The molecule has 102 valence electrons. The van der Waals surface area contributed by atoms with Gasteiger partial charge in [0.25, 0.3) is 0 Å². The van der Waals surface area contributed by atoms with E-state index in [1.54, 1.807) is 0 Å². The van der Waals surface area contributed by atoms with Crippen LogP contribution in [-0.4, -0.2) is 6.21 Å². The molecule has 1 nitrogen and oxygen atoms in total. The third kappa shape index (κ3) is 3.56. The molecule has 1 aliphatic carbocycles. The molecule has 0 spiro atoms. The topological polar surface area (TPSA) is 12.4 Å². The highest BCUT2D eigenvalue weighted by molar-refractivity contribution is 5.81. The molecule has 0 radical (unpaired) electrons. The molecule has 1 atom stereocenters. The SMILES string of the molecule is CC1=CC=CC(C)(C)CC1C1=CC(C)(C)C=CN=C1. The van der Waals surface area contributed by atoms with Crippen LogP contribution < -0.4 is 0 Å². The first kappa shape index (κ1) is 14.0. The molecule has 0 fully saturated rings. The van der Waals surface area contributed by atoms with Gasteiger partial charge in [0.2, 0.25) is 0 Å². The second-order valence-corrected chi connectivity index (χ2v) is 7.07. The van der Waals surface area contributed by atoms with Gasteiger partial charge in [0.15, 0.2) is 0 Å². The number of hydrogen-bond donors (Lipinski definition) is 0. The Labute approximate surface area is 117 Å². The largest absolute Gasteiger partial charge is 0.265 e. The summed E-state index contributed by atoms with van der Waals surface area (Å²) in [6.07, 6.45) is 16.4. The van der Waals surface area contributed by atoms with Gasteiger partial charge >= 0.3 is 0 Å². The third-order valence-corrected chi connectivity index (χ3v) is 3.94. The summed E-state index contributed by atoms with van der Waals surface area (Å²) in [4.78, 5) is 4.41. The van der Waals surface area contributed by atoms with Gasteiger partial charge in [0.1, 0.15) is 0 Å². The summed E-state index contributed by atoms with van der Waals surface area (Å²) in [5, 5.41) is 0. The van der Waals surface area contributed by atoms with Crippen LogP contribution in [0, 0.1) is 16.7 Å². The van der Waals surface area contributed by atoms with E-state index < -0.39 is 0 Å². The van der Waals surface area contributed by atoms with Crippen LogP contribution in [0.5, 0.6) is 0 Å². The lowest BCUT2D eigenvalue weighted by molar-refractivity contribution is 0.394. The van der Waals surface area contributed by atoms with Crippen LogP contribution >= 0.6 is 0 Å². The first-order valence-electron chi connectivity index (χ1n) is 7.09. The molecule has 0 bridgehead atoms. The molecule has 1 heteroatoms. The molecule has 0 saturated carbocycles. The fourth-order valence-corrected chi connectivity index (χ4v) is 2.78. The molecule has 2 aliphatic rings. The van der Waals surface area contributed by atoms with Crippen molar-refractivity contribution in [3.8, 4) is 0 Å². The monoisotopic (exact) mass is 255 g/mol. The van der Waals surface area contributed by atoms with Crippen molar-refractivity contribution >= 4 is 6.21 Å². The Balaban J connectivity index is 2.37. The number of nitrogens with zero attached hydrogens (tertiary/aromatic N) is 1. The number of hydrogen-bond acceptors (Lipinski definition) is 1. The van der Waals surface area contributed by atoms with E-state index in [1.165, 1.54) is 11.1 Å². The Hall–Kier alpha value is -1.37. The summed E-state index contributed by atoms with van der Waals surface area (Å²) >= 11 is 0. The minimum absolute atomic E-state index is 0.0794. The van der Waals surface area contributed by atoms with E-state index in [4.69, 9.17) is 0 Å². The van der Waals surface area contributed by atoms with Crippen molar-refractivity contribution in [1.82, 2.24) is 0 Å². The molecule has 0 N–H and O–H groups in total. The first-order valence-corrected chi connectivity index (χ1v) is 7.09. The van der Waals surface area contributed by atoms with Gasteiger partial charge in [-0.3, -0.25) is 4.99 Å². The van der Waals surface area contributed by atoms with E-state index in [9.17, 15) is 0 Å². The van der Waals surface area contributed by atoms with Crippen LogP contribution in [0.25, 0.3) is 0 Å². The minimum atomic E-state index is 0.0794. The maximum absolute atomic E-state index is 4.41. The lowest BCUT2D eigenvalue weighted by atomic mass is 9.76. The Morgan fingerprint density at radius 3 is 2.63 bits per heavy atom. The quantitative estimate of drug-likeness (QED) is 0.619. The van der Waals surface area contributed by atoms with Gasteiger partial charge in [-0.25, -0.2) is 0 Å². The van der Waals surface area contributed by atoms with Gasteiger partial charge in [-0.15, -0.1) is 0 Å². The predicted octanol–water partition coefficient (Wildman–Crippen LogP) is 5.09. The summed E-state index contributed by atoms with van der Waals surface area (Å²) in [5.41, 5.74) is 3.09. The van der Waals surface area contributed by atoms with Crippen LogP contribution in [0.3, 0.4) is 0 Å². The van der Waals surface area contributed by atoms with E-state index in [-0.39, 0.29) is 10.8 Å². The molecule has 19 heavy (non-hydrogen) atoms. The summed E-state index contributed by atoms with van der Waals surface area (Å²) in [6.45, 7) is 11.3. The van der Waals surface area contributed by atoms with E-state index >= 15 is 0 Å². The number of allylic oxidation sites excluding steroid dienone is 7. The predicted molar refractivity (Wildman–Crippen MR) is 84.3 cm³/mol. The first-order chi connectivity index (χ1) is 8.79. The molecule has 0 saturated heterocycles. The van der Waals surface area contributed by atoms with E-state index in [0.29, 0.717) is 5.92 Å². The zero-order valence-electron chi connectivity index (χ0n) is 12.8. The van der Waals surface area contributed by atoms with Crippen molar-refractivity contribution in [1.29, 1.82) is 0 Å². The molecule has 0 aromatic heterocycles. The fourth-order valence-electron chi connectivity index (χ4n) is 2.78. The smallest absolute Gasteiger partial charge is 0.0302 e. The maximum atomic E-state index is 4.41. The van der Waals surface area contributed by atoms with Gasteiger partial charge in [-0.2, -0.15) is 0 Å². The van der Waals surface area contributed by atoms with Gasteiger partial charge in [0.05, 0.1) is 0 Å². The summed E-state index contributed by atoms with van der Waals surface area (Å²) in [5.74, 6) is 0.466. The molecular formula is C18H25N. The average Bonchev–Trinajstić information content (AvgIpc) is 2.53. The molecule has 1 unspecified atom stereocenters. The van der Waals surface area contributed by atoms with Crippen LogP contribution in [0.1, 0.15) is 41.0 Å². The molecule has 1 aliphatic heterocycles. The number of aliphatic imine (C=N–C) groups is 1. The van der Waals surface area contributed by atoms with Gasteiger partial charge < -0.3 is 0 Å². The second kappa shape index (κ2) is 4.96. The third-order valence-electron chi connectivity index (χ3n) is 3.94. The Morgan fingerprint density at radius 1 is 1.16 bits per heavy atom. The highest BCUT2D eigenvalue weighted by atomic mass is 14.7. The zero-order valence-corrected chi connectivity index (χ0v) is 12.8. The van der Waals surface area contributed by atoms with Crippen LogP contribution in [-0.2, 0) is 0 Å². The van der Waals surface area contributed by atoms with E-state index in [1.807, 2.05) is 12.4 Å². The minimum Gasteiger partial charge on any atom is -0.265 e. The van der Waals surface area contributed by atoms with Crippen molar-refractivity contribution in [2.75, 3.05) is 0 Å². The summed E-state index contributed by atoms with van der Waals surface area (Å²) in [7, 11) is 0. The van der Waals surface area contributed by atoms with Crippen LogP contribution in [0.2, 0.25) is 0 Å². The van der Waals surface area contributed by atoms with Crippen molar-refractivity contribution < 1.29 is 0 Å². The highest BCUT2D eigenvalue weighted by Crippen LogP contribution is 2.38. The van der Waals surface area contributed by atoms with Gasteiger partial charge in [-0.05, 0) is 24.3 Å². The maximum Gasteiger partial charge on any atom is 0.0302 e. The van der Waals surface area contributed by atoms with Crippen molar-refractivity contribution in [2.45, 2.75) is 41.0 Å². The molecule has 0 aromatic rings. The van der Waals surface area contributed by atoms with Gasteiger partial charge in [-0.1, -0.05) is 63.6 Å². The van der Waals surface area contributed by atoms with E-state index in [2.05, 4.69) is 70.0 Å². The lowest BCUT2D eigenvalue weighted by Gasteiger charge is -2.28. The standard InChI is InChI=1S/C18H25N/c1-14-7-6-8-17(2,3)12-16(14)15-11-18(4,5)9-10-19-13-15/h6-11,13,16H,12H2,1-5H3. The molecule has 1 heterocycles. The number of rotatable bonds is 1. The zero-order chi connectivity index (χ0) is 14.1. The normalized spacial score (nSPS) is 28.4. The Kier molecular flexibility index (Phi) is 3.66. The molecule has 0 aromatic carbocycles. The Morgan fingerprint density at radius 2 is 1.89 bits per heavy atom. The molecular weight excluding hydrogens is 230 g/mol. The highest BCUT2D eigenvalue weighted by Gasteiger charge is 2.27. The Bertz CT molecular complexity index is 496. The molecule has 0 amide bonds. The van der Waals surface area contributed by atoms with Crippen molar-refractivity contribution in [2.24, 2.45) is 21.7 Å². The molecule has 2 rings (SSSR count). The lowest BCUT2D eigenvalue weighted by Crippen LogP contribution is -2.18. The average molecular weight is 255 g/mol. The fraction of sp³-hybridized carbons (Fsp3) is 0.500. The van der Waals surface area contributed by atoms with Crippen LogP contribution in [0.15, 0.2) is 52.7 Å². The van der Waals surface area contributed by atoms with Crippen molar-refractivity contribution in [3.05, 3.63) is 47.7 Å². The van der Waals surface area contributed by atoms with E-state index in [0.717, 1.165) is 6.42 Å². The summed E-state index contributed by atoms with van der Waals surface area (Å²) < 4.78 is 0. The second-order valence-electron chi connectivity index (χ2n) is 7.07.